The van der Waals surface area contributed by atoms with Crippen LogP contribution in [0, 0.1) is 0 Å². The second kappa shape index (κ2) is 7.78. The maximum absolute atomic E-state index is 12.2. The predicted molar refractivity (Wildman–Crippen MR) is 104 cm³/mol. The van der Waals surface area contributed by atoms with Crippen LogP contribution in [0.4, 0.5) is 5.69 Å². The highest BCUT2D eigenvalue weighted by Gasteiger charge is 2.32. The van der Waals surface area contributed by atoms with Crippen LogP contribution >= 0.6 is 11.6 Å². The van der Waals surface area contributed by atoms with Crippen molar-refractivity contribution >= 4 is 33.3 Å². The van der Waals surface area contributed by atoms with E-state index in [-0.39, 0.29) is 19.3 Å². The number of rotatable bonds is 6. The number of carbonyl (C=O) groups is 1. The van der Waals surface area contributed by atoms with Gasteiger partial charge in [-0.05, 0) is 61.4 Å². The smallest absolute Gasteiger partial charge is 0.338 e. The van der Waals surface area contributed by atoms with Gasteiger partial charge in [-0.25, -0.2) is 13.2 Å². The molecule has 1 heterocycles. The second-order valence-corrected chi connectivity index (χ2v) is 8.69. The number of hydrogen-bond acceptors (Lipinski definition) is 5. The van der Waals surface area contributed by atoms with E-state index in [0.717, 1.165) is 5.56 Å². The largest absolute Gasteiger partial charge is 0.490 e. The maximum Gasteiger partial charge on any atom is 0.338 e. The van der Waals surface area contributed by atoms with E-state index in [1.165, 1.54) is 10.6 Å². The Hall–Kier alpha value is -2.25. The third-order valence-electron chi connectivity index (χ3n) is 4.22. The molecular weight excluding hydrogens is 390 g/mol. The molecule has 0 spiro atoms. The van der Waals surface area contributed by atoms with Crippen molar-refractivity contribution in [2.45, 2.75) is 19.4 Å². The van der Waals surface area contributed by atoms with Crippen LogP contribution < -0.4 is 9.04 Å². The van der Waals surface area contributed by atoms with Crippen LogP contribution in [0.15, 0.2) is 42.5 Å². The predicted octanol–water partition coefficient (Wildman–Crippen LogP) is 3.29. The van der Waals surface area contributed by atoms with Crippen molar-refractivity contribution in [3.8, 4) is 5.75 Å². The Labute approximate surface area is 163 Å². The van der Waals surface area contributed by atoms with Crippen molar-refractivity contribution in [2.75, 3.05) is 23.8 Å². The third-order valence-corrected chi connectivity index (χ3v) is 5.75. The quantitative estimate of drug-likeness (QED) is 0.540. The SMILES string of the molecule is C[C@H]1Cc2cc(C(=O)OCCOc3ccc(Cl)cc3)ccc2N1S(C)(=O)=O. The molecule has 144 valence electrons. The van der Waals surface area contributed by atoms with Gasteiger partial charge in [0.15, 0.2) is 0 Å². The summed E-state index contributed by atoms with van der Waals surface area (Å²) in [7, 11) is -3.35. The van der Waals surface area contributed by atoms with Crippen molar-refractivity contribution in [1.82, 2.24) is 0 Å². The fraction of sp³-hybridized carbons (Fsp3) is 0.316. The molecule has 0 bridgehead atoms. The van der Waals surface area contributed by atoms with Crippen LogP contribution in [0.1, 0.15) is 22.8 Å². The van der Waals surface area contributed by atoms with Gasteiger partial charge in [0.2, 0.25) is 10.0 Å². The molecule has 27 heavy (non-hydrogen) atoms. The molecule has 1 atom stereocenters. The number of benzene rings is 2. The third kappa shape index (κ3) is 4.54. The summed E-state index contributed by atoms with van der Waals surface area (Å²) in [5.74, 6) is 0.172. The van der Waals surface area contributed by atoms with E-state index in [0.29, 0.717) is 28.4 Å². The van der Waals surface area contributed by atoms with Crippen LogP contribution in [-0.2, 0) is 21.2 Å². The van der Waals surface area contributed by atoms with E-state index in [9.17, 15) is 13.2 Å². The molecule has 2 aromatic carbocycles. The summed E-state index contributed by atoms with van der Waals surface area (Å²) < 4.78 is 36.0. The molecule has 2 aromatic rings. The summed E-state index contributed by atoms with van der Waals surface area (Å²) in [5, 5.41) is 0.620. The molecule has 0 saturated heterocycles. The van der Waals surface area contributed by atoms with Gasteiger partial charge < -0.3 is 9.47 Å². The molecule has 0 N–H and O–H groups in total. The summed E-state index contributed by atoms with van der Waals surface area (Å²) in [4.78, 5) is 12.2. The molecule has 0 unspecified atom stereocenters. The van der Waals surface area contributed by atoms with Gasteiger partial charge in [0, 0.05) is 11.1 Å². The first-order chi connectivity index (χ1) is 12.8. The minimum Gasteiger partial charge on any atom is -0.490 e. The highest BCUT2D eigenvalue weighted by Crippen LogP contribution is 2.34. The Morgan fingerprint density at radius 3 is 2.56 bits per heavy atom. The molecule has 0 aromatic heterocycles. The standard InChI is InChI=1S/C19H20ClNO5S/c1-13-11-15-12-14(3-8-18(15)21(13)27(2,23)24)19(22)26-10-9-25-17-6-4-16(20)5-7-17/h3-8,12-13H,9-11H2,1-2H3/t13-/m0/s1. The fourth-order valence-corrected chi connectivity index (χ4v) is 4.53. The molecule has 0 saturated carbocycles. The lowest BCUT2D eigenvalue weighted by Crippen LogP contribution is -2.34. The zero-order chi connectivity index (χ0) is 19.6. The molecule has 8 heteroatoms. The van der Waals surface area contributed by atoms with E-state index in [1.807, 2.05) is 6.92 Å². The van der Waals surface area contributed by atoms with E-state index in [1.54, 1.807) is 42.5 Å². The number of fused-ring (bicyclic) bond motifs is 1. The number of carbonyl (C=O) groups excluding carboxylic acids is 1. The van der Waals surface area contributed by atoms with E-state index < -0.39 is 16.0 Å². The number of nitrogens with zero attached hydrogens (tertiary/aromatic N) is 1. The molecule has 0 aliphatic carbocycles. The van der Waals surface area contributed by atoms with E-state index in [4.69, 9.17) is 21.1 Å². The van der Waals surface area contributed by atoms with Gasteiger partial charge in [0.1, 0.15) is 19.0 Å². The highest BCUT2D eigenvalue weighted by atomic mass is 35.5. The molecule has 0 amide bonds. The summed E-state index contributed by atoms with van der Waals surface area (Å²) in [6, 6.07) is 11.7. The first kappa shape index (κ1) is 19.5. The van der Waals surface area contributed by atoms with Crippen molar-refractivity contribution < 1.29 is 22.7 Å². The summed E-state index contributed by atoms with van der Waals surface area (Å²) >= 11 is 5.80. The summed E-state index contributed by atoms with van der Waals surface area (Å²) in [6.45, 7) is 2.16. The van der Waals surface area contributed by atoms with Gasteiger partial charge in [0.25, 0.3) is 0 Å². The minimum absolute atomic E-state index is 0.102. The number of hydrogen-bond donors (Lipinski definition) is 0. The van der Waals surface area contributed by atoms with Gasteiger partial charge >= 0.3 is 5.97 Å². The van der Waals surface area contributed by atoms with Crippen LogP contribution in [-0.4, -0.2) is 39.9 Å². The zero-order valence-corrected chi connectivity index (χ0v) is 16.6. The number of esters is 1. The van der Waals surface area contributed by atoms with Gasteiger partial charge in [0.05, 0.1) is 17.5 Å². The van der Waals surface area contributed by atoms with E-state index in [2.05, 4.69) is 0 Å². The van der Waals surface area contributed by atoms with Gasteiger partial charge in [-0.1, -0.05) is 11.6 Å². The average Bonchev–Trinajstić information content (AvgIpc) is 2.95. The van der Waals surface area contributed by atoms with Gasteiger partial charge in [-0.2, -0.15) is 0 Å². The highest BCUT2D eigenvalue weighted by molar-refractivity contribution is 7.92. The van der Waals surface area contributed by atoms with Crippen LogP contribution in [0.5, 0.6) is 5.75 Å². The normalized spacial score (nSPS) is 16.1. The first-order valence-electron chi connectivity index (χ1n) is 8.43. The van der Waals surface area contributed by atoms with Crippen molar-refractivity contribution in [3.05, 3.63) is 58.6 Å². The summed E-state index contributed by atoms with van der Waals surface area (Å²) in [6.07, 6.45) is 1.74. The van der Waals surface area contributed by atoms with E-state index >= 15 is 0 Å². The molecule has 1 aliphatic heterocycles. The van der Waals surface area contributed by atoms with Crippen LogP contribution in [0.2, 0.25) is 5.02 Å². The Kier molecular flexibility index (Phi) is 5.62. The average molecular weight is 410 g/mol. The number of ether oxygens (including phenoxy) is 2. The fourth-order valence-electron chi connectivity index (χ4n) is 3.14. The zero-order valence-electron chi connectivity index (χ0n) is 15.0. The lowest BCUT2D eigenvalue weighted by Gasteiger charge is -2.21. The minimum atomic E-state index is -3.35. The van der Waals surface area contributed by atoms with Gasteiger partial charge in [-0.3, -0.25) is 4.31 Å². The first-order valence-corrected chi connectivity index (χ1v) is 10.7. The number of halogens is 1. The lowest BCUT2D eigenvalue weighted by molar-refractivity contribution is 0.0450. The Bertz CT molecular complexity index is 943. The molecule has 6 nitrogen and oxygen atoms in total. The Morgan fingerprint density at radius 2 is 1.89 bits per heavy atom. The number of anilines is 1. The summed E-state index contributed by atoms with van der Waals surface area (Å²) in [5.41, 5.74) is 1.83. The Morgan fingerprint density at radius 1 is 1.19 bits per heavy atom. The maximum atomic E-state index is 12.2. The molecule has 1 aliphatic rings. The van der Waals surface area contributed by atoms with Crippen LogP contribution in [0.3, 0.4) is 0 Å². The second-order valence-electron chi connectivity index (χ2n) is 6.39. The Balaban J connectivity index is 1.58. The van der Waals surface area contributed by atoms with Crippen molar-refractivity contribution in [3.63, 3.8) is 0 Å². The van der Waals surface area contributed by atoms with Crippen LogP contribution in [0.25, 0.3) is 0 Å². The van der Waals surface area contributed by atoms with Gasteiger partial charge in [-0.15, -0.1) is 0 Å². The lowest BCUT2D eigenvalue weighted by atomic mass is 10.1. The monoisotopic (exact) mass is 409 g/mol. The molecule has 3 rings (SSSR count). The van der Waals surface area contributed by atoms with Crippen molar-refractivity contribution in [2.24, 2.45) is 0 Å². The molecule has 0 radical (unpaired) electrons. The molecular formula is C19H20ClNO5S. The van der Waals surface area contributed by atoms with Crippen molar-refractivity contribution in [1.29, 1.82) is 0 Å². The topological polar surface area (TPSA) is 72.9 Å². The molecule has 0 fully saturated rings. The number of sulfonamides is 1.